The fourth-order valence-corrected chi connectivity index (χ4v) is 5.17. The lowest BCUT2D eigenvalue weighted by Gasteiger charge is -2.18. The van der Waals surface area contributed by atoms with Gasteiger partial charge in [-0.15, -0.1) is 11.3 Å². The van der Waals surface area contributed by atoms with E-state index >= 15 is 0 Å². The molecule has 33 heavy (non-hydrogen) atoms. The molecule has 1 aliphatic heterocycles. The predicted molar refractivity (Wildman–Crippen MR) is 131 cm³/mol. The molecule has 2 amide bonds. The van der Waals surface area contributed by atoms with Crippen molar-refractivity contribution in [2.24, 2.45) is 0 Å². The fraction of sp³-hybridized carbons (Fsp3) is 0.417. The number of nitrogens with zero attached hydrogens (tertiary/aromatic N) is 3. The smallest absolute Gasteiger partial charge is 0.275 e. The first-order chi connectivity index (χ1) is 15.9. The van der Waals surface area contributed by atoms with Gasteiger partial charge in [0.05, 0.1) is 11.1 Å². The maximum Gasteiger partial charge on any atom is 0.275 e. The summed E-state index contributed by atoms with van der Waals surface area (Å²) in [6.45, 7) is 7.22. The van der Waals surface area contributed by atoms with E-state index < -0.39 is 0 Å². The van der Waals surface area contributed by atoms with E-state index in [1.807, 2.05) is 20.0 Å². The molecule has 3 heterocycles. The van der Waals surface area contributed by atoms with Gasteiger partial charge in [-0.2, -0.15) is 5.01 Å². The molecule has 0 saturated heterocycles. The third kappa shape index (κ3) is 4.69. The van der Waals surface area contributed by atoms with Crippen molar-refractivity contribution in [2.75, 3.05) is 25.6 Å². The number of amides is 2. The summed E-state index contributed by atoms with van der Waals surface area (Å²) in [4.78, 5) is 36.2. The zero-order valence-electron chi connectivity index (χ0n) is 19.4. The number of anilines is 1. The van der Waals surface area contributed by atoms with Crippen molar-refractivity contribution in [2.45, 2.75) is 46.5 Å². The molecule has 9 heteroatoms. The molecular formula is C24H29N5O3S. The molecule has 1 aliphatic carbocycles. The Morgan fingerprint density at radius 3 is 2.64 bits per heavy atom. The summed E-state index contributed by atoms with van der Waals surface area (Å²) < 4.78 is 5.81. The van der Waals surface area contributed by atoms with Crippen LogP contribution >= 0.6 is 11.3 Å². The van der Waals surface area contributed by atoms with Crippen molar-refractivity contribution in [3.63, 3.8) is 0 Å². The Kier molecular flexibility index (Phi) is 6.90. The zero-order valence-corrected chi connectivity index (χ0v) is 20.3. The van der Waals surface area contributed by atoms with E-state index in [2.05, 4.69) is 28.7 Å². The van der Waals surface area contributed by atoms with Gasteiger partial charge < -0.3 is 10.1 Å². The van der Waals surface area contributed by atoms with Gasteiger partial charge in [0.2, 0.25) is 0 Å². The first-order valence-electron chi connectivity index (χ1n) is 11.2. The summed E-state index contributed by atoms with van der Waals surface area (Å²) in [5.41, 5.74) is 5.66. The standard InChI is InChI=1S/C24H29N5O3S/c1-5-6-18-26-22(28-29-19(30)13-14(2)24(29)31)20-15(3)21(33-23(20)27-18)16-7-9-17(10-8-16)32-12-11-25-4/h7,9,13,25H,5-6,8,10-12H2,1-4H3,(H,26,27,28). The summed E-state index contributed by atoms with van der Waals surface area (Å²) >= 11 is 1.63. The number of aryl methyl sites for hydroxylation is 2. The van der Waals surface area contributed by atoms with Gasteiger partial charge in [-0.05, 0) is 50.9 Å². The Balaban J connectivity index is 1.70. The van der Waals surface area contributed by atoms with Gasteiger partial charge >= 0.3 is 0 Å². The maximum absolute atomic E-state index is 12.4. The predicted octanol–water partition coefficient (Wildman–Crippen LogP) is 3.89. The molecule has 0 aromatic carbocycles. The number of ether oxygens (including phenoxy) is 1. The number of hydrazine groups is 1. The largest absolute Gasteiger partial charge is 0.497 e. The maximum atomic E-state index is 12.4. The Morgan fingerprint density at radius 2 is 2.00 bits per heavy atom. The molecule has 2 N–H and O–H groups in total. The molecule has 0 radical (unpaired) electrons. The van der Waals surface area contributed by atoms with Gasteiger partial charge in [-0.25, -0.2) is 9.97 Å². The van der Waals surface area contributed by atoms with Crippen LogP contribution in [0.3, 0.4) is 0 Å². The Hall–Kier alpha value is -3.04. The summed E-state index contributed by atoms with van der Waals surface area (Å²) in [6, 6.07) is 0. The number of fused-ring (bicyclic) bond motifs is 1. The third-order valence-electron chi connectivity index (χ3n) is 5.67. The van der Waals surface area contributed by atoms with Crippen molar-refractivity contribution in [1.29, 1.82) is 0 Å². The summed E-state index contributed by atoms with van der Waals surface area (Å²) in [7, 11) is 1.91. The van der Waals surface area contributed by atoms with E-state index in [9.17, 15) is 9.59 Å². The highest BCUT2D eigenvalue weighted by Gasteiger charge is 2.30. The number of carbonyl (C=O) groups is 2. The van der Waals surface area contributed by atoms with Crippen molar-refractivity contribution >= 4 is 44.8 Å². The number of allylic oxidation sites excluding steroid dienone is 4. The van der Waals surface area contributed by atoms with Gasteiger partial charge in [0.1, 0.15) is 17.3 Å². The van der Waals surface area contributed by atoms with E-state index in [1.54, 1.807) is 18.3 Å². The normalized spacial score (nSPS) is 16.2. The van der Waals surface area contributed by atoms with Crippen LogP contribution in [0.2, 0.25) is 0 Å². The Labute approximate surface area is 197 Å². The van der Waals surface area contributed by atoms with Crippen molar-refractivity contribution in [3.05, 3.63) is 45.8 Å². The first-order valence-corrected chi connectivity index (χ1v) is 12.1. The number of rotatable bonds is 9. The first kappa shape index (κ1) is 23.1. The fourth-order valence-electron chi connectivity index (χ4n) is 3.92. The molecule has 0 atom stereocenters. The van der Waals surface area contributed by atoms with Crippen LogP contribution in [0.4, 0.5) is 5.82 Å². The highest BCUT2D eigenvalue weighted by atomic mass is 32.1. The number of hydrogen-bond acceptors (Lipinski definition) is 8. The molecule has 0 saturated carbocycles. The number of carbonyl (C=O) groups excluding carboxylic acids is 2. The average molecular weight is 468 g/mol. The second-order valence-corrected chi connectivity index (χ2v) is 9.17. The monoisotopic (exact) mass is 467 g/mol. The minimum absolute atomic E-state index is 0.358. The van der Waals surface area contributed by atoms with E-state index in [0.29, 0.717) is 23.8 Å². The van der Waals surface area contributed by atoms with E-state index in [-0.39, 0.29) is 11.8 Å². The Bertz CT molecular complexity index is 1190. The molecule has 4 rings (SSSR count). The van der Waals surface area contributed by atoms with Crippen LogP contribution in [0.1, 0.15) is 49.4 Å². The lowest BCUT2D eigenvalue weighted by Crippen LogP contribution is -2.36. The van der Waals surface area contributed by atoms with Crippen molar-refractivity contribution < 1.29 is 14.3 Å². The van der Waals surface area contributed by atoms with Crippen LogP contribution < -0.4 is 10.7 Å². The van der Waals surface area contributed by atoms with Gasteiger partial charge in [-0.3, -0.25) is 15.0 Å². The topological polar surface area (TPSA) is 96.5 Å². The number of nitrogens with one attached hydrogen (secondary N) is 2. The zero-order chi connectivity index (χ0) is 23.5. The van der Waals surface area contributed by atoms with Gasteiger partial charge in [0.15, 0.2) is 5.82 Å². The highest BCUT2D eigenvalue weighted by molar-refractivity contribution is 7.20. The lowest BCUT2D eigenvalue weighted by atomic mass is 9.99. The summed E-state index contributed by atoms with van der Waals surface area (Å²) in [5, 5.41) is 4.96. The molecule has 0 spiro atoms. The van der Waals surface area contributed by atoms with Crippen LogP contribution in [-0.4, -0.2) is 47.0 Å². The molecule has 2 aromatic heterocycles. The van der Waals surface area contributed by atoms with Crippen molar-refractivity contribution in [1.82, 2.24) is 20.3 Å². The second kappa shape index (κ2) is 9.84. The molecular weight excluding hydrogens is 438 g/mol. The van der Waals surface area contributed by atoms with Gasteiger partial charge in [-0.1, -0.05) is 13.0 Å². The van der Waals surface area contributed by atoms with Crippen LogP contribution in [0.5, 0.6) is 0 Å². The Morgan fingerprint density at radius 1 is 1.18 bits per heavy atom. The summed E-state index contributed by atoms with van der Waals surface area (Å²) in [5.74, 6) is 1.44. The van der Waals surface area contributed by atoms with Crippen LogP contribution in [0, 0.1) is 6.92 Å². The van der Waals surface area contributed by atoms with Crippen molar-refractivity contribution in [3.8, 4) is 0 Å². The molecule has 2 aliphatic rings. The number of likely N-dealkylation sites (N-methyl/N-ethyl adjacent to an activating group) is 1. The lowest BCUT2D eigenvalue weighted by molar-refractivity contribution is -0.135. The molecule has 0 fully saturated rings. The molecule has 0 bridgehead atoms. The number of aromatic nitrogens is 2. The third-order valence-corrected chi connectivity index (χ3v) is 6.93. The van der Waals surface area contributed by atoms with Gasteiger partial charge in [0, 0.05) is 35.9 Å². The van der Waals surface area contributed by atoms with Crippen LogP contribution in [-0.2, 0) is 20.7 Å². The minimum Gasteiger partial charge on any atom is -0.497 e. The SMILES string of the molecule is CCCc1nc(NN2C(=O)C=C(C)C2=O)c2c(C)c(C3=CC=C(OCCNC)CC3)sc2n1. The van der Waals surface area contributed by atoms with E-state index in [1.165, 1.54) is 11.6 Å². The van der Waals surface area contributed by atoms with E-state index in [0.717, 1.165) is 63.7 Å². The van der Waals surface area contributed by atoms with Crippen LogP contribution in [0.25, 0.3) is 15.8 Å². The van der Waals surface area contributed by atoms with E-state index in [4.69, 9.17) is 9.72 Å². The van der Waals surface area contributed by atoms with Crippen LogP contribution in [0.15, 0.2) is 29.6 Å². The van der Waals surface area contributed by atoms with Gasteiger partial charge in [0.25, 0.3) is 11.8 Å². The molecule has 0 unspecified atom stereocenters. The minimum atomic E-state index is -0.389. The average Bonchev–Trinajstić information content (AvgIpc) is 3.25. The molecule has 174 valence electrons. The quantitative estimate of drug-likeness (QED) is 0.427. The second-order valence-electron chi connectivity index (χ2n) is 8.17. The molecule has 8 nitrogen and oxygen atoms in total. The number of hydrogen-bond donors (Lipinski definition) is 2. The number of imide groups is 1. The molecule has 2 aromatic rings. The summed E-state index contributed by atoms with van der Waals surface area (Å²) in [6.07, 6.45) is 8.84. The number of thiophene rings is 1. The highest BCUT2D eigenvalue weighted by Crippen LogP contribution is 2.41.